The van der Waals surface area contributed by atoms with E-state index in [-0.39, 0.29) is 35.8 Å². The number of rotatable bonds is 7. The smallest absolute Gasteiger partial charge is 0.225 e. The first kappa shape index (κ1) is 25.9. The van der Waals surface area contributed by atoms with Gasteiger partial charge in [0.25, 0.3) is 0 Å². The maximum atomic E-state index is 12.1. The molecule has 8 heteroatoms. The zero-order chi connectivity index (χ0) is 21.5. The molecule has 174 valence electrons. The summed E-state index contributed by atoms with van der Waals surface area (Å²) in [4.78, 5) is 22.0. The Balaban J connectivity index is 0.00000341. The van der Waals surface area contributed by atoms with Crippen molar-refractivity contribution >= 4 is 41.5 Å². The molecule has 1 amide bonds. The first-order chi connectivity index (χ1) is 14.5. The highest BCUT2D eigenvalue weighted by atomic mass is 127. The summed E-state index contributed by atoms with van der Waals surface area (Å²) in [6, 6.07) is 8.52. The van der Waals surface area contributed by atoms with Gasteiger partial charge in [0.15, 0.2) is 5.96 Å². The van der Waals surface area contributed by atoms with Gasteiger partial charge in [-0.05, 0) is 31.5 Å². The SMILES string of the molecule is CCNC(=NCC(C(C)C)N1CCN(C)CC1)NCC1CC(=O)Nc2ccccc21.I. The second-order valence-corrected chi connectivity index (χ2v) is 8.79. The third kappa shape index (κ3) is 7.32. The molecule has 2 heterocycles. The van der Waals surface area contributed by atoms with Gasteiger partial charge in [-0.25, -0.2) is 0 Å². The van der Waals surface area contributed by atoms with Crippen LogP contribution in [0.25, 0.3) is 0 Å². The topological polar surface area (TPSA) is 72.0 Å². The number of aliphatic imine (C=N–C) groups is 1. The summed E-state index contributed by atoms with van der Waals surface area (Å²) in [6.07, 6.45) is 0.499. The number of likely N-dealkylation sites (N-methyl/N-ethyl adjacent to an activating group) is 1. The Kier molecular flexibility index (Phi) is 10.5. The molecule has 1 fully saturated rings. The molecule has 2 unspecified atom stereocenters. The number of anilines is 1. The van der Waals surface area contributed by atoms with Crippen molar-refractivity contribution in [2.24, 2.45) is 10.9 Å². The van der Waals surface area contributed by atoms with Gasteiger partial charge < -0.3 is 20.9 Å². The van der Waals surface area contributed by atoms with Crippen LogP contribution in [-0.2, 0) is 4.79 Å². The van der Waals surface area contributed by atoms with E-state index in [4.69, 9.17) is 4.99 Å². The number of para-hydroxylation sites is 1. The number of amides is 1. The van der Waals surface area contributed by atoms with Crippen LogP contribution in [0, 0.1) is 5.92 Å². The third-order valence-electron chi connectivity index (χ3n) is 6.18. The molecule has 7 nitrogen and oxygen atoms in total. The predicted molar refractivity (Wildman–Crippen MR) is 140 cm³/mol. The number of carbonyl (C=O) groups excluding carboxylic acids is 1. The maximum Gasteiger partial charge on any atom is 0.225 e. The minimum atomic E-state index is 0. The summed E-state index contributed by atoms with van der Waals surface area (Å²) in [7, 11) is 2.19. The van der Waals surface area contributed by atoms with Gasteiger partial charge in [0.2, 0.25) is 5.91 Å². The lowest BCUT2D eigenvalue weighted by Gasteiger charge is -2.39. The van der Waals surface area contributed by atoms with Gasteiger partial charge in [-0.1, -0.05) is 32.0 Å². The van der Waals surface area contributed by atoms with Crippen molar-refractivity contribution in [1.29, 1.82) is 0 Å². The zero-order valence-electron chi connectivity index (χ0n) is 19.4. The van der Waals surface area contributed by atoms with Crippen LogP contribution in [0.2, 0.25) is 0 Å². The van der Waals surface area contributed by atoms with Crippen molar-refractivity contribution in [3.63, 3.8) is 0 Å². The lowest BCUT2D eigenvalue weighted by molar-refractivity contribution is -0.116. The van der Waals surface area contributed by atoms with E-state index < -0.39 is 0 Å². The normalized spacial score (nSPS) is 21.1. The van der Waals surface area contributed by atoms with Crippen LogP contribution in [0.3, 0.4) is 0 Å². The van der Waals surface area contributed by atoms with Crippen molar-refractivity contribution in [3.05, 3.63) is 29.8 Å². The molecular formula is C23H39IN6O. The van der Waals surface area contributed by atoms with Crippen LogP contribution >= 0.6 is 24.0 Å². The Morgan fingerprint density at radius 1 is 1.19 bits per heavy atom. The average Bonchev–Trinajstić information content (AvgIpc) is 2.72. The van der Waals surface area contributed by atoms with E-state index in [9.17, 15) is 4.79 Å². The van der Waals surface area contributed by atoms with Gasteiger partial charge in [-0.3, -0.25) is 14.7 Å². The Hall–Kier alpha value is -1.39. The molecule has 0 aromatic heterocycles. The number of nitrogens with one attached hydrogen (secondary N) is 3. The van der Waals surface area contributed by atoms with Gasteiger partial charge in [0, 0.05) is 63.3 Å². The molecule has 0 spiro atoms. The standard InChI is InChI=1S/C23H38N6O.HI/c1-5-24-23(26-16-21(17(2)3)29-12-10-28(4)11-13-29)25-15-18-14-22(30)27-20-9-7-6-8-19(18)20;/h6-9,17-18,21H,5,10-16H2,1-4H3,(H,27,30)(H2,24,25,26);1H. The molecule has 2 atom stereocenters. The van der Waals surface area contributed by atoms with Gasteiger partial charge in [-0.15, -0.1) is 24.0 Å². The zero-order valence-corrected chi connectivity index (χ0v) is 21.7. The van der Waals surface area contributed by atoms with Gasteiger partial charge >= 0.3 is 0 Å². The number of hydrogen-bond donors (Lipinski definition) is 3. The van der Waals surface area contributed by atoms with Gasteiger partial charge in [-0.2, -0.15) is 0 Å². The molecule has 0 radical (unpaired) electrons. The van der Waals surface area contributed by atoms with Crippen molar-refractivity contribution in [2.75, 3.05) is 58.2 Å². The van der Waals surface area contributed by atoms with Crippen LogP contribution in [0.15, 0.2) is 29.3 Å². The molecule has 3 N–H and O–H groups in total. The number of halogens is 1. The maximum absolute atomic E-state index is 12.1. The molecular weight excluding hydrogens is 503 g/mol. The minimum absolute atomic E-state index is 0. The number of piperazine rings is 1. The van der Waals surface area contributed by atoms with E-state index in [1.807, 2.05) is 18.2 Å². The number of guanidine groups is 1. The van der Waals surface area contributed by atoms with E-state index >= 15 is 0 Å². The number of carbonyl (C=O) groups is 1. The van der Waals surface area contributed by atoms with Crippen molar-refractivity contribution in [1.82, 2.24) is 20.4 Å². The van der Waals surface area contributed by atoms with Crippen LogP contribution < -0.4 is 16.0 Å². The number of benzene rings is 1. The summed E-state index contributed by atoms with van der Waals surface area (Å²) in [6.45, 7) is 13.4. The molecule has 0 aliphatic carbocycles. The highest BCUT2D eigenvalue weighted by molar-refractivity contribution is 14.0. The lowest BCUT2D eigenvalue weighted by atomic mass is 9.90. The average molecular weight is 543 g/mol. The lowest BCUT2D eigenvalue weighted by Crippen LogP contribution is -2.52. The second-order valence-electron chi connectivity index (χ2n) is 8.79. The summed E-state index contributed by atoms with van der Waals surface area (Å²) < 4.78 is 0. The van der Waals surface area contributed by atoms with E-state index in [2.05, 4.69) is 59.6 Å². The summed E-state index contributed by atoms with van der Waals surface area (Å²) >= 11 is 0. The molecule has 2 aliphatic heterocycles. The van der Waals surface area contributed by atoms with Crippen LogP contribution in [-0.4, -0.2) is 80.6 Å². The molecule has 2 aliphatic rings. The Bertz CT molecular complexity index is 733. The molecule has 0 bridgehead atoms. The summed E-state index contributed by atoms with van der Waals surface area (Å²) in [5.41, 5.74) is 2.12. The Morgan fingerprint density at radius 3 is 2.58 bits per heavy atom. The van der Waals surface area contributed by atoms with Crippen molar-refractivity contribution < 1.29 is 4.79 Å². The largest absolute Gasteiger partial charge is 0.357 e. The highest BCUT2D eigenvalue weighted by Gasteiger charge is 2.26. The minimum Gasteiger partial charge on any atom is -0.357 e. The fourth-order valence-corrected chi connectivity index (χ4v) is 4.33. The quantitative estimate of drug-likeness (QED) is 0.281. The van der Waals surface area contributed by atoms with Crippen LogP contribution in [0.5, 0.6) is 0 Å². The Morgan fingerprint density at radius 2 is 1.90 bits per heavy atom. The van der Waals surface area contributed by atoms with Gasteiger partial charge in [0.05, 0.1) is 6.54 Å². The fraction of sp³-hybridized carbons (Fsp3) is 0.652. The monoisotopic (exact) mass is 542 g/mol. The molecule has 3 rings (SSSR count). The summed E-state index contributed by atoms with van der Waals surface area (Å²) in [5.74, 6) is 1.62. The van der Waals surface area contributed by atoms with E-state index in [1.54, 1.807) is 0 Å². The Labute approximate surface area is 204 Å². The first-order valence-electron chi connectivity index (χ1n) is 11.3. The van der Waals surface area contributed by atoms with E-state index in [1.165, 1.54) is 5.56 Å². The number of hydrogen-bond acceptors (Lipinski definition) is 4. The van der Waals surface area contributed by atoms with Crippen molar-refractivity contribution in [2.45, 2.75) is 39.2 Å². The van der Waals surface area contributed by atoms with E-state index in [0.717, 1.165) is 50.9 Å². The summed E-state index contributed by atoms with van der Waals surface area (Å²) in [5, 5.41) is 9.83. The third-order valence-corrected chi connectivity index (χ3v) is 6.18. The first-order valence-corrected chi connectivity index (χ1v) is 11.3. The predicted octanol–water partition coefficient (Wildman–Crippen LogP) is 2.56. The van der Waals surface area contributed by atoms with Crippen LogP contribution in [0.1, 0.15) is 38.7 Å². The molecule has 1 saturated heterocycles. The number of nitrogens with zero attached hydrogens (tertiary/aromatic N) is 3. The number of fused-ring (bicyclic) bond motifs is 1. The molecule has 1 aromatic rings. The van der Waals surface area contributed by atoms with E-state index in [0.29, 0.717) is 24.9 Å². The highest BCUT2D eigenvalue weighted by Crippen LogP contribution is 2.31. The second kappa shape index (κ2) is 12.6. The van der Waals surface area contributed by atoms with Crippen LogP contribution in [0.4, 0.5) is 5.69 Å². The molecule has 1 aromatic carbocycles. The van der Waals surface area contributed by atoms with Gasteiger partial charge in [0.1, 0.15) is 0 Å². The molecule has 31 heavy (non-hydrogen) atoms. The van der Waals surface area contributed by atoms with Crippen molar-refractivity contribution in [3.8, 4) is 0 Å². The fourth-order valence-electron chi connectivity index (χ4n) is 4.33. The molecule has 0 saturated carbocycles.